The van der Waals surface area contributed by atoms with Crippen LogP contribution in [0.2, 0.25) is 5.02 Å². The number of anilines is 2. The second-order valence-electron chi connectivity index (χ2n) is 4.40. The molecule has 3 rings (SSSR count). The van der Waals surface area contributed by atoms with E-state index in [1.54, 1.807) is 12.3 Å². The standard InChI is InChI=1S/C14H11ClN2O/c1-8-2-3-11-9(6-8)7-12(18)13-10(15)4-5-16-14(13)17-11/h2-6H,7H2,1H3,(H,16,17). The summed E-state index contributed by atoms with van der Waals surface area (Å²) < 4.78 is 0. The molecule has 0 atom stereocenters. The van der Waals surface area contributed by atoms with Gasteiger partial charge >= 0.3 is 0 Å². The first-order chi connectivity index (χ1) is 8.65. The number of carbonyl (C=O) groups excluding carboxylic acids is 1. The van der Waals surface area contributed by atoms with E-state index < -0.39 is 0 Å². The molecule has 1 N–H and O–H groups in total. The molecule has 1 aliphatic heterocycles. The van der Waals surface area contributed by atoms with Crippen molar-refractivity contribution in [1.29, 1.82) is 0 Å². The zero-order valence-corrected chi connectivity index (χ0v) is 10.6. The normalized spacial score (nSPS) is 13.3. The predicted octanol–water partition coefficient (Wildman–Crippen LogP) is 3.53. The van der Waals surface area contributed by atoms with Crippen LogP contribution in [0.25, 0.3) is 0 Å². The minimum Gasteiger partial charge on any atom is -0.339 e. The van der Waals surface area contributed by atoms with E-state index in [9.17, 15) is 4.79 Å². The second kappa shape index (κ2) is 4.10. The summed E-state index contributed by atoms with van der Waals surface area (Å²) >= 11 is 6.08. The Morgan fingerprint density at radius 2 is 2.17 bits per heavy atom. The van der Waals surface area contributed by atoms with Gasteiger partial charge in [0.05, 0.1) is 10.6 Å². The van der Waals surface area contributed by atoms with Crippen LogP contribution in [0.1, 0.15) is 21.5 Å². The summed E-state index contributed by atoms with van der Waals surface area (Å²) in [7, 11) is 0. The molecule has 1 aromatic carbocycles. The minimum absolute atomic E-state index is 0.0000463. The number of Topliss-reactive ketones (excluding diaryl/α,β-unsaturated/α-hetero) is 1. The molecular formula is C14H11ClN2O. The van der Waals surface area contributed by atoms with Gasteiger partial charge in [0.1, 0.15) is 5.82 Å². The Morgan fingerprint density at radius 1 is 1.33 bits per heavy atom. The quantitative estimate of drug-likeness (QED) is 0.786. The highest BCUT2D eigenvalue weighted by molar-refractivity contribution is 6.34. The van der Waals surface area contributed by atoms with Crippen LogP contribution < -0.4 is 5.32 Å². The Morgan fingerprint density at radius 3 is 3.00 bits per heavy atom. The molecule has 2 heterocycles. The fourth-order valence-corrected chi connectivity index (χ4v) is 2.43. The van der Waals surface area contributed by atoms with Gasteiger partial charge in [-0.3, -0.25) is 4.79 Å². The third-order valence-corrected chi connectivity index (χ3v) is 3.36. The van der Waals surface area contributed by atoms with Crippen molar-refractivity contribution in [3.05, 3.63) is 52.2 Å². The molecule has 0 saturated carbocycles. The van der Waals surface area contributed by atoms with Gasteiger partial charge in [0.2, 0.25) is 0 Å². The number of carbonyl (C=O) groups is 1. The maximum atomic E-state index is 12.2. The molecule has 18 heavy (non-hydrogen) atoms. The van der Waals surface area contributed by atoms with Crippen LogP contribution in [-0.4, -0.2) is 10.8 Å². The van der Waals surface area contributed by atoms with Gasteiger partial charge in [0, 0.05) is 18.3 Å². The molecule has 90 valence electrons. The van der Waals surface area contributed by atoms with E-state index in [0.29, 0.717) is 22.8 Å². The van der Waals surface area contributed by atoms with Gasteiger partial charge in [-0.2, -0.15) is 0 Å². The first-order valence-electron chi connectivity index (χ1n) is 5.69. The molecule has 1 aliphatic rings. The van der Waals surface area contributed by atoms with Crippen LogP contribution in [-0.2, 0) is 6.42 Å². The van der Waals surface area contributed by atoms with Crippen molar-refractivity contribution in [2.75, 3.05) is 5.32 Å². The molecule has 0 bridgehead atoms. The largest absolute Gasteiger partial charge is 0.339 e. The summed E-state index contributed by atoms with van der Waals surface area (Å²) in [5, 5.41) is 3.63. The number of fused-ring (bicyclic) bond motifs is 2. The number of rotatable bonds is 0. The summed E-state index contributed by atoms with van der Waals surface area (Å²) in [5.41, 5.74) is 3.51. The lowest BCUT2D eigenvalue weighted by Gasteiger charge is -2.08. The summed E-state index contributed by atoms with van der Waals surface area (Å²) in [4.78, 5) is 16.4. The number of nitrogens with zero attached hydrogens (tertiary/aromatic N) is 1. The molecule has 0 spiro atoms. The second-order valence-corrected chi connectivity index (χ2v) is 4.81. The van der Waals surface area contributed by atoms with Gasteiger partial charge in [-0.15, -0.1) is 0 Å². The first-order valence-corrected chi connectivity index (χ1v) is 6.07. The van der Waals surface area contributed by atoms with E-state index >= 15 is 0 Å². The van der Waals surface area contributed by atoms with E-state index in [4.69, 9.17) is 11.6 Å². The number of hydrogen-bond acceptors (Lipinski definition) is 3. The van der Waals surface area contributed by atoms with Crippen LogP contribution in [0.4, 0.5) is 11.5 Å². The third kappa shape index (κ3) is 1.77. The van der Waals surface area contributed by atoms with Crippen molar-refractivity contribution in [1.82, 2.24) is 4.98 Å². The number of benzene rings is 1. The Bertz CT molecular complexity index is 652. The maximum Gasteiger partial charge on any atom is 0.172 e. The van der Waals surface area contributed by atoms with E-state index in [-0.39, 0.29) is 5.78 Å². The number of aromatic nitrogens is 1. The van der Waals surface area contributed by atoms with Crippen molar-refractivity contribution >= 4 is 28.9 Å². The number of nitrogens with one attached hydrogen (secondary N) is 1. The van der Waals surface area contributed by atoms with Gasteiger partial charge in [-0.1, -0.05) is 29.3 Å². The number of ketones is 1. The number of halogens is 1. The zero-order chi connectivity index (χ0) is 12.7. The van der Waals surface area contributed by atoms with Gasteiger partial charge in [0.25, 0.3) is 0 Å². The highest BCUT2D eigenvalue weighted by Gasteiger charge is 2.22. The monoisotopic (exact) mass is 258 g/mol. The highest BCUT2D eigenvalue weighted by atomic mass is 35.5. The average molecular weight is 259 g/mol. The van der Waals surface area contributed by atoms with E-state index in [2.05, 4.69) is 10.3 Å². The van der Waals surface area contributed by atoms with E-state index in [1.165, 1.54) is 0 Å². The molecule has 0 aliphatic carbocycles. The average Bonchev–Trinajstić information content (AvgIpc) is 2.45. The lowest BCUT2D eigenvalue weighted by Crippen LogP contribution is -2.04. The molecule has 0 amide bonds. The summed E-state index contributed by atoms with van der Waals surface area (Å²) in [6, 6.07) is 7.63. The molecule has 0 fully saturated rings. The van der Waals surface area contributed by atoms with Crippen LogP contribution in [0, 0.1) is 6.92 Å². The first kappa shape index (κ1) is 11.2. The molecule has 0 saturated heterocycles. The minimum atomic E-state index is -0.0000463. The Balaban J connectivity index is 2.19. The number of hydrogen-bond donors (Lipinski definition) is 1. The number of pyridine rings is 1. The number of aryl methyl sites for hydroxylation is 1. The predicted molar refractivity (Wildman–Crippen MR) is 71.7 cm³/mol. The van der Waals surface area contributed by atoms with Gasteiger partial charge in [-0.25, -0.2) is 4.98 Å². The molecule has 4 heteroatoms. The van der Waals surface area contributed by atoms with Crippen LogP contribution in [0.15, 0.2) is 30.5 Å². The lowest BCUT2D eigenvalue weighted by atomic mass is 10.0. The van der Waals surface area contributed by atoms with Crippen LogP contribution in [0.5, 0.6) is 0 Å². The Kier molecular flexibility index (Phi) is 2.56. The Hall–Kier alpha value is -1.87. The summed E-state index contributed by atoms with van der Waals surface area (Å²) in [6.45, 7) is 2.01. The van der Waals surface area contributed by atoms with Crippen molar-refractivity contribution in [3.63, 3.8) is 0 Å². The fourth-order valence-electron chi connectivity index (χ4n) is 2.18. The smallest absolute Gasteiger partial charge is 0.172 e. The summed E-state index contributed by atoms with van der Waals surface area (Å²) in [6.07, 6.45) is 1.95. The van der Waals surface area contributed by atoms with Crippen molar-refractivity contribution in [2.45, 2.75) is 13.3 Å². The molecular weight excluding hydrogens is 248 g/mol. The molecule has 1 aromatic heterocycles. The van der Waals surface area contributed by atoms with Crippen LogP contribution >= 0.6 is 11.6 Å². The molecule has 0 unspecified atom stereocenters. The van der Waals surface area contributed by atoms with E-state index in [1.807, 2.05) is 25.1 Å². The Labute approximate surface area is 110 Å². The SMILES string of the molecule is Cc1ccc2c(c1)CC(=O)c1c(Cl)ccnc1N2. The maximum absolute atomic E-state index is 12.2. The van der Waals surface area contributed by atoms with Crippen molar-refractivity contribution in [2.24, 2.45) is 0 Å². The zero-order valence-electron chi connectivity index (χ0n) is 9.83. The fraction of sp³-hybridized carbons (Fsp3) is 0.143. The van der Waals surface area contributed by atoms with E-state index in [0.717, 1.165) is 16.8 Å². The lowest BCUT2D eigenvalue weighted by molar-refractivity contribution is 0.0994. The third-order valence-electron chi connectivity index (χ3n) is 3.04. The van der Waals surface area contributed by atoms with Crippen LogP contribution in [0.3, 0.4) is 0 Å². The van der Waals surface area contributed by atoms with Crippen molar-refractivity contribution < 1.29 is 4.79 Å². The molecule has 0 radical (unpaired) electrons. The van der Waals surface area contributed by atoms with Crippen molar-refractivity contribution in [3.8, 4) is 0 Å². The van der Waals surface area contributed by atoms with Gasteiger partial charge in [-0.05, 0) is 24.6 Å². The molecule has 2 aromatic rings. The molecule has 3 nitrogen and oxygen atoms in total. The van der Waals surface area contributed by atoms with Gasteiger partial charge in [0.15, 0.2) is 5.78 Å². The highest BCUT2D eigenvalue weighted by Crippen LogP contribution is 2.32. The van der Waals surface area contributed by atoms with Gasteiger partial charge < -0.3 is 5.32 Å². The summed E-state index contributed by atoms with van der Waals surface area (Å²) in [5.74, 6) is 0.537. The topological polar surface area (TPSA) is 42.0 Å².